The third-order valence-electron chi connectivity index (χ3n) is 2.77. The Labute approximate surface area is 109 Å². The number of thioether (sulfide) groups is 2. The molecule has 1 fully saturated rings. The third kappa shape index (κ3) is 2.72. The van der Waals surface area contributed by atoms with Gasteiger partial charge in [-0.1, -0.05) is 12.1 Å². The van der Waals surface area contributed by atoms with Crippen molar-refractivity contribution >= 4 is 40.5 Å². The molecule has 90 valence electrons. The summed E-state index contributed by atoms with van der Waals surface area (Å²) in [7, 11) is 0. The molecule has 2 heterocycles. The van der Waals surface area contributed by atoms with E-state index in [1.54, 1.807) is 0 Å². The van der Waals surface area contributed by atoms with Crippen LogP contribution in [0.1, 0.15) is 0 Å². The number of rotatable bonds is 3. The number of aromatic nitrogens is 2. The van der Waals surface area contributed by atoms with Crippen molar-refractivity contribution in [2.24, 2.45) is 0 Å². The quantitative estimate of drug-likeness (QED) is 0.895. The molecule has 0 aliphatic carbocycles. The first-order chi connectivity index (χ1) is 8.42. The molecule has 1 aromatic heterocycles. The van der Waals surface area contributed by atoms with Crippen molar-refractivity contribution in [2.75, 3.05) is 29.1 Å². The highest BCUT2D eigenvalue weighted by molar-refractivity contribution is 8.06. The summed E-state index contributed by atoms with van der Waals surface area (Å²) in [6, 6.07) is 8.12. The number of H-pyrrole nitrogens is 1. The summed E-state index contributed by atoms with van der Waals surface area (Å²) in [5.74, 6) is 4.71. The van der Waals surface area contributed by atoms with Crippen LogP contribution in [0.4, 0.5) is 5.95 Å². The van der Waals surface area contributed by atoms with Crippen molar-refractivity contribution in [3.8, 4) is 0 Å². The molecule has 1 aliphatic rings. The fourth-order valence-electron chi connectivity index (χ4n) is 1.90. The van der Waals surface area contributed by atoms with Gasteiger partial charge in [0.05, 0.1) is 11.0 Å². The van der Waals surface area contributed by atoms with Gasteiger partial charge >= 0.3 is 0 Å². The summed E-state index contributed by atoms with van der Waals surface area (Å²) >= 11 is 4.12. The Balaban J connectivity index is 1.64. The summed E-state index contributed by atoms with van der Waals surface area (Å²) in [4.78, 5) is 7.81. The predicted molar refractivity (Wildman–Crippen MR) is 78.2 cm³/mol. The van der Waals surface area contributed by atoms with E-state index in [0.717, 1.165) is 23.5 Å². The Kier molecular flexibility index (Phi) is 3.47. The topological polar surface area (TPSA) is 40.7 Å². The number of aromatic amines is 1. The molecule has 1 unspecified atom stereocenters. The number of hydrogen-bond acceptors (Lipinski definition) is 4. The van der Waals surface area contributed by atoms with E-state index in [1.807, 2.05) is 18.2 Å². The summed E-state index contributed by atoms with van der Waals surface area (Å²) in [6.07, 6.45) is 0. The number of hydrogen-bond donors (Lipinski definition) is 2. The summed E-state index contributed by atoms with van der Waals surface area (Å²) in [5, 5.41) is 4.11. The van der Waals surface area contributed by atoms with Gasteiger partial charge in [0.1, 0.15) is 0 Å². The average Bonchev–Trinajstić information content (AvgIpc) is 2.80. The van der Waals surface area contributed by atoms with Crippen LogP contribution < -0.4 is 5.32 Å². The van der Waals surface area contributed by atoms with Gasteiger partial charge in [0.25, 0.3) is 0 Å². The average molecular weight is 265 g/mol. The van der Waals surface area contributed by atoms with Gasteiger partial charge in [0.15, 0.2) is 0 Å². The second-order valence-corrected chi connectivity index (χ2v) is 6.61. The minimum atomic E-state index is 0.710. The van der Waals surface area contributed by atoms with Gasteiger partial charge in [-0.05, 0) is 12.1 Å². The Bertz CT molecular complexity index is 458. The van der Waals surface area contributed by atoms with Gasteiger partial charge in [-0.15, -0.1) is 0 Å². The summed E-state index contributed by atoms with van der Waals surface area (Å²) in [5.41, 5.74) is 2.13. The number of nitrogens with one attached hydrogen (secondary N) is 2. The van der Waals surface area contributed by atoms with E-state index in [2.05, 4.69) is 44.9 Å². The molecule has 1 atom stereocenters. The molecule has 5 heteroatoms. The van der Waals surface area contributed by atoms with Crippen LogP contribution >= 0.6 is 23.5 Å². The van der Waals surface area contributed by atoms with Crippen molar-refractivity contribution in [1.29, 1.82) is 0 Å². The van der Waals surface area contributed by atoms with Crippen LogP contribution in [-0.4, -0.2) is 39.0 Å². The second kappa shape index (κ2) is 5.23. The van der Waals surface area contributed by atoms with E-state index < -0.39 is 0 Å². The lowest BCUT2D eigenvalue weighted by atomic mass is 10.3. The molecule has 0 bridgehead atoms. The Morgan fingerprint density at radius 1 is 1.35 bits per heavy atom. The number of anilines is 1. The zero-order chi connectivity index (χ0) is 11.5. The normalized spacial score (nSPS) is 20.6. The lowest BCUT2D eigenvalue weighted by molar-refractivity contribution is 0.987. The molecular formula is C12H15N3S2. The highest BCUT2D eigenvalue weighted by Gasteiger charge is 2.14. The van der Waals surface area contributed by atoms with Crippen LogP contribution in [0.2, 0.25) is 0 Å². The Morgan fingerprint density at radius 2 is 2.29 bits per heavy atom. The maximum absolute atomic E-state index is 4.51. The van der Waals surface area contributed by atoms with E-state index in [0.29, 0.717) is 5.25 Å². The molecule has 0 amide bonds. The lowest BCUT2D eigenvalue weighted by Gasteiger charge is -2.20. The first kappa shape index (κ1) is 11.3. The van der Waals surface area contributed by atoms with E-state index in [9.17, 15) is 0 Å². The molecule has 0 radical (unpaired) electrons. The fraction of sp³-hybridized carbons (Fsp3) is 0.417. The maximum atomic E-state index is 4.51. The van der Waals surface area contributed by atoms with Crippen molar-refractivity contribution < 1.29 is 0 Å². The highest BCUT2D eigenvalue weighted by Crippen LogP contribution is 2.24. The van der Waals surface area contributed by atoms with Gasteiger partial charge in [-0.25, -0.2) is 4.98 Å². The monoisotopic (exact) mass is 265 g/mol. The van der Waals surface area contributed by atoms with Crippen LogP contribution in [-0.2, 0) is 0 Å². The van der Waals surface area contributed by atoms with E-state index in [4.69, 9.17) is 0 Å². The zero-order valence-corrected chi connectivity index (χ0v) is 11.1. The summed E-state index contributed by atoms with van der Waals surface area (Å²) < 4.78 is 0. The molecule has 1 aliphatic heterocycles. The van der Waals surface area contributed by atoms with Crippen molar-refractivity contribution in [3.63, 3.8) is 0 Å². The largest absolute Gasteiger partial charge is 0.355 e. The standard InChI is InChI=1S/C12H15N3S2/c1-2-4-11-10(3-1)14-12(15-11)13-7-9-8-16-5-6-17-9/h1-4,9H,5-8H2,(H2,13,14,15). The predicted octanol–water partition coefficient (Wildman–Crippen LogP) is 2.82. The molecule has 1 aromatic carbocycles. The maximum Gasteiger partial charge on any atom is 0.201 e. The summed E-state index contributed by atoms with van der Waals surface area (Å²) in [6.45, 7) is 0.998. The first-order valence-corrected chi connectivity index (χ1v) is 8.00. The molecule has 17 heavy (non-hydrogen) atoms. The Morgan fingerprint density at radius 3 is 3.12 bits per heavy atom. The zero-order valence-electron chi connectivity index (χ0n) is 9.48. The molecule has 3 rings (SSSR count). The minimum Gasteiger partial charge on any atom is -0.355 e. The van der Waals surface area contributed by atoms with Crippen LogP contribution in [0.25, 0.3) is 11.0 Å². The first-order valence-electron chi connectivity index (χ1n) is 5.80. The molecule has 0 spiro atoms. The highest BCUT2D eigenvalue weighted by atomic mass is 32.2. The minimum absolute atomic E-state index is 0.710. The molecule has 2 N–H and O–H groups in total. The van der Waals surface area contributed by atoms with Crippen LogP contribution in [0.5, 0.6) is 0 Å². The molecular weight excluding hydrogens is 250 g/mol. The van der Waals surface area contributed by atoms with Gasteiger partial charge in [0, 0.05) is 29.1 Å². The molecule has 2 aromatic rings. The number of imidazole rings is 1. The van der Waals surface area contributed by atoms with E-state index in [-0.39, 0.29) is 0 Å². The number of benzene rings is 1. The number of para-hydroxylation sites is 2. The third-order valence-corrected chi connectivity index (χ3v) is 5.62. The van der Waals surface area contributed by atoms with Crippen LogP contribution in [0, 0.1) is 0 Å². The SMILES string of the molecule is c1ccc2[nH]c(NCC3CSCCS3)nc2c1. The van der Waals surface area contributed by atoms with E-state index in [1.165, 1.54) is 17.3 Å². The second-order valence-electron chi connectivity index (χ2n) is 4.05. The fourth-order valence-corrected chi connectivity index (χ4v) is 4.51. The van der Waals surface area contributed by atoms with Gasteiger partial charge in [-0.2, -0.15) is 23.5 Å². The van der Waals surface area contributed by atoms with Crippen molar-refractivity contribution in [1.82, 2.24) is 9.97 Å². The molecule has 1 saturated heterocycles. The Hall–Kier alpha value is -0.810. The lowest BCUT2D eigenvalue weighted by Crippen LogP contribution is -2.23. The molecule has 0 saturated carbocycles. The van der Waals surface area contributed by atoms with Crippen LogP contribution in [0.3, 0.4) is 0 Å². The van der Waals surface area contributed by atoms with Crippen LogP contribution in [0.15, 0.2) is 24.3 Å². The number of nitrogens with zero attached hydrogens (tertiary/aromatic N) is 1. The smallest absolute Gasteiger partial charge is 0.201 e. The van der Waals surface area contributed by atoms with Gasteiger partial charge < -0.3 is 10.3 Å². The van der Waals surface area contributed by atoms with Crippen molar-refractivity contribution in [3.05, 3.63) is 24.3 Å². The van der Waals surface area contributed by atoms with E-state index >= 15 is 0 Å². The van der Waals surface area contributed by atoms with Gasteiger partial charge in [-0.3, -0.25) is 0 Å². The number of fused-ring (bicyclic) bond motifs is 1. The molecule has 3 nitrogen and oxygen atoms in total. The van der Waals surface area contributed by atoms with Gasteiger partial charge in [0.2, 0.25) is 5.95 Å². The van der Waals surface area contributed by atoms with Crippen molar-refractivity contribution in [2.45, 2.75) is 5.25 Å².